The highest BCUT2D eigenvalue weighted by Crippen LogP contribution is 2.76. The van der Waals surface area contributed by atoms with Crippen LogP contribution in [-0.2, 0) is 14.4 Å². The second kappa shape index (κ2) is 8.57. The molecule has 0 spiro atoms. The van der Waals surface area contributed by atoms with Crippen LogP contribution in [0.15, 0.2) is 11.6 Å². The van der Waals surface area contributed by atoms with E-state index in [0.29, 0.717) is 46.0 Å². The fraction of sp³-hybridized carbons (Fsp3) is 0.906. The maximum atomic E-state index is 11.9. The summed E-state index contributed by atoms with van der Waals surface area (Å²) in [6, 6.07) is 0. The van der Waals surface area contributed by atoms with Crippen LogP contribution in [0, 0.1) is 56.7 Å². The van der Waals surface area contributed by atoms with Gasteiger partial charge in [-0.3, -0.25) is 10.1 Å². The number of fused-ring (bicyclic) bond motifs is 7. The molecule has 5 aliphatic carbocycles. The van der Waals surface area contributed by atoms with Gasteiger partial charge in [-0.25, -0.2) is 4.89 Å². The normalized spacial score (nSPS) is 51.6. The maximum absolute atomic E-state index is 11.9. The van der Waals surface area contributed by atoms with E-state index in [4.69, 9.17) is 4.74 Å². The largest absolute Gasteiger partial charge is 0.462 e. The van der Waals surface area contributed by atoms with E-state index in [1.165, 1.54) is 50.5 Å². The lowest BCUT2D eigenvalue weighted by Gasteiger charge is -2.73. The van der Waals surface area contributed by atoms with Crippen molar-refractivity contribution < 1.29 is 19.7 Å². The third-order valence-electron chi connectivity index (χ3n) is 13.8. The Morgan fingerprint density at radius 1 is 0.944 bits per heavy atom. The van der Waals surface area contributed by atoms with Crippen molar-refractivity contribution in [2.45, 2.75) is 119 Å². The minimum atomic E-state index is -0.128. The molecule has 0 heterocycles. The van der Waals surface area contributed by atoms with Crippen molar-refractivity contribution in [2.24, 2.45) is 56.7 Å². The van der Waals surface area contributed by atoms with Crippen LogP contribution in [0.3, 0.4) is 0 Å². The lowest BCUT2D eigenvalue weighted by Crippen LogP contribution is -2.67. The van der Waals surface area contributed by atoms with E-state index in [2.05, 4.69) is 59.4 Å². The van der Waals surface area contributed by atoms with E-state index in [0.717, 1.165) is 24.7 Å². The van der Waals surface area contributed by atoms with Crippen molar-refractivity contribution in [3.8, 4) is 0 Å². The van der Waals surface area contributed by atoms with Crippen molar-refractivity contribution >= 4 is 5.97 Å². The molecule has 5 aliphatic rings. The number of hydrogen-bond acceptors (Lipinski definition) is 4. The summed E-state index contributed by atoms with van der Waals surface area (Å²) < 4.78 is 5.91. The fourth-order valence-electron chi connectivity index (χ4n) is 11.8. The molecule has 0 saturated heterocycles. The van der Waals surface area contributed by atoms with Crippen molar-refractivity contribution in [3.63, 3.8) is 0 Å². The smallest absolute Gasteiger partial charge is 0.302 e. The third-order valence-corrected chi connectivity index (χ3v) is 13.8. The number of carbonyl (C=O) groups is 1. The van der Waals surface area contributed by atoms with Gasteiger partial charge in [0, 0.05) is 12.3 Å². The highest BCUT2D eigenvalue weighted by Gasteiger charge is 2.70. The van der Waals surface area contributed by atoms with Crippen molar-refractivity contribution in [2.75, 3.05) is 6.61 Å². The lowest BCUT2D eigenvalue weighted by atomic mass is 9.31. The van der Waals surface area contributed by atoms with E-state index < -0.39 is 0 Å². The molecule has 4 nitrogen and oxygen atoms in total. The fourth-order valence-corrected chi connectivity index (χ4v) is 11.8. The number of esters is 1. The van der Waals surface area contributed by atoms with Gasteiger partial charge in [-0.2, -0.15) is 0 Å². The molecule has 4 saturated carbocycles. The van der Waals surface area contributed by atoms with Crippen LogP contribution in [0.4, 0.5) is 0 Å². The zero-order chi connectivity index (χ0) is 26.3. The average Bonchev–Trinajstić information content (AvgIpc) is 2.78. The predicted molar refractivity (Wildman–Crippen MR) is 143 cm³/mol. The number of allylic oxidation sites excluding steroid dienone is 1. The molecule has 10 unspecified atom stereocenters. The van der Waals surface area contributed by atoms with Gasteiger partial charge in [-0.1, -0.05) is 54.5 Å². The third kappa shape index (κ3) is 3.48. The summed E-state index contributed by atoms with van der Waals surface area (Å²) in [4.78, 5) is 16.6. The summed E-state index contributed by atoms with van der Waals surface area (Å²) in [6.45, 7) is 19.6. The molecule has 0 amide bonds. The highest BCUT2D eigenvalue weighted by atomic mass is 17.1. The van der Waals surface area contributed by atoms with Gasteiger partial charge in [-0.15, -0.1) is 0 Å². The Morgan fingerprint density at radius 2 is 1.67 bits per heavy atom. The van der Waals surface area contributed by atoms with Gasteiger partial charge in [0.2, 0.25) is 0 Å². The SMILES string of the molecule is CC(=O)OC1CCC2(C)C(CCC3(C)C2CCC2C4C(C)C(COO)=CCC4(C)CCC23C)C1(C)C. The first-order chi connectivity index (χ1) is 16.7. The minimum absolute atomic E-state index is 0.0186. The van der Waals surface area contributed by atoms with Crippen LogP contribution >= 0.6 is 0 Å². The van der Waals surface area contributed by atoms with Crippen molar-refractivity contribution in [3.05, 3.63) is 11.6 Å². The number of ether oxygens (including phenoxy) is 1. The van der Waals surface area contributed by atoms with Gasteiger partial charge in [-0.05, 0) is 115 Å². The Kier molecular flexibility index (Phi) is 6.36. The van der Waals surface area contributed by atoms with Gasteiger partial charge in [0.05, 0.1) is 0 Å². The Balaban J connectivity index is 1.49. The number of rotatable bonds is 3. The van der Waals surface area contributed by atoms with Gasteiger partial charge in [0.15, 0.2) is 0 Å². The zero-order valence-electron chi connectivity index (χ0n) is 24.3. The standard InChI is InChI=1S/C32H52O4/c1-20-22(19-35-34)11-14-29(5)17-18-31(7)23(27(20)29)9-10-25-30(6)15-13-26(36-21(2)33)28(3,4)24(30)12-16-32(25,31)8/h11,20,23-27,34H,9-10,12-19H2,1-8H3. The molecular formula is C32H52O4. The van der Waals surface area contributed by atoms with Crippen LogP contribution in [0.25, 0.3) is 0 Å². The van der Waals surface area contributed by atoms with Crippen LogP contribution in [0.1, 0.15) is 113 Å². The van der Waals surface area contributed by atoms with Gasteiger partial charge >= 0.3 is 5.97 Å². The summed E-state index contributed by atoms with van der Waals surface area (Å²) in [5, 5.41) is 9.25. The molecule has 0 aromatic heterocycles. The van der Waals surface area contributed by atoms with E-state index in [-0.39, 0.29) is 17.5 Å². The molecule has 204 valence electrons. The zero-order valence-corrected chi connectivity index (χ0v) is 24.3. The summed E-state index contributed by atoms with van der Waals surface area (Å²) >= 11 is 0. The second-order valence-corrected chi connectivity index (χ2v) is 15.4. The van der Waals surface area contributed by atoms with Crippen molar-refractivity contribution in [1.82, 2.24) is 0 Å². The number of hydrogen-bond donors (Lipinski definition) is 1. The Labute approximate surface area is 219 Å². The quantitative estimate of drug-likeness (QED) is 0.184. The Morgan fingerprint density at radius 3 is 2.33 bits per heavy atom. The van der Waals surface area contributed by atoms with Gasteiger partial charge in [0.25, 0.3) is 0 Å². The summed E-state index contributed by atoms with van der Waals surface area (Å²) in [5.74, 6) is 3.04. The van der Waals surface area contributed by atoms with Crippen LogP contribution in [0.5, 0.6) is 0 Å². The second-order valence-electron chi connectivity index (χ2n) is 15.4. The molecule has 0 aromatic carbocycles. The van der Waals surface area contributed by atoms with Gasteiger partial charge in [0.1, 0.15) is 12.7 Å². The molecule has 0 bridgehead atoms. The van der Waals surface area contributed by atoms with Crippen LogP contribution in [0.2, 0.25) is 0 Å². The molecule has 36 heavy (non-hydrogen) atoms. The predicted octanol–water partition coefficient (Wildman–Crippen LogP) is 8.07. The molecule has 4 fully saturated rings. The minimum Gasteiger partial charge on any atom is -0.462 e. The van der Waals surface area contributed by atoms with E-state index in [1.807, 2.05) is 0 Å². The summed E-state index contributed by atoms with van der Waals surface area (Å²) in [5.41, 5.74) is 2.65. The molecule has 4 heteroatoms. The lowest BCUT2D eigenvalue weighted by molar-refractivity contribution is -0.255. The van der Waals surface area contributed by atoms with Crippen LogP contribution < -0.4 is 0 Å². The monoisotopic (exact) mass is 500 g/mol. The molecule has 0 radical (unpaired) electrons. The summed E-state index contributed by atoms with van der Waals surface area (Å²) in [6.07, 6.45) is 13.6. The Bertz CT molecular complexity index is 923. The molecular weight excluding hydrogens is 448 g/mol. The average molecular weight is 501 g/mol. The first-order valence-corrected chi connectivity index (χ1v) is 14.9. The first-order valence-electron chi connectivity index (χ1n) is 14.9. The van der Waals surface area contributed by atoms with E-state index in [1.54, 1.807) is 6.92 Å². The number of carbonyl (C=O) groups excluding carboxylic acids is 1. The van der Waals surface area contributed by atoms with Crippen LogP contribution in [-0.4, -0.2) is 23.9 Å². The summed E-state index contributed by atoms with van der Waals surface area (Å²) in [7, 11) is 0. The Hall–Kier alpha value is -0.870. The maximum Gasteiger partial charge on any atom is 0.302 e. The van der Waals surface area contributed by atoms with E-state index >= 15 is 0 Å². The molecule has 0 aliphatic heterocycles. The highest BCUT2D eigenvalue weighted by molar-refractivity contribution is 5.66. The molecule has 10 atom stereocenters. The van der Waals surface area contributed by atoms with Crippen molar-refractivity contribution in [1.29, 1.82) is 0 Å². The molecule has 1 N–H and O–H groups in total. The first kappa shape index (κ1) is 26.7. The molecule has 5 rings (SSSR count). The topological polar surface area (TPSA) is 55.8 Å². The van der Waals surface area contributed by atoms with E-state index in [9.17, 15) is 10.1 Å². The van der Waals surface area contributed by atoms with Gasteiger partial charge < -0.3 is 4.74 Å². The molecule has 0 aromatic rings.